The summed E-state index contributed by atoms with van der Waals surface area (Å²) >= 11 is 0. The Morgan fingerprint density at radius 3 is 2.50 bits per heavy atom. The topological polar surface area (TPSA) is 81.2 Å². The van der Waals surface area contributed by atoms with Crippen molar-refractivity contribution in [3.8, 4) is 5.69 Å². The largest absolute Gasteiger partial charge is 0.462 e. The van der Waals surface area contributed by atoms with Gasteiger partial charge < -0.3 is 9.72 Å². The first-order valence-corrected chi connectivity index (χ1v) is 6.13. The van der Waals surface area contributed by atoms with Crippen LogP contribution in [0.3, 0.4) is 0 Å². The number of carbonyl (C=O) groups excluding carboxylic acids is 1. The van der Waals surface area contributed by atoms with Crippen molar-refractivity contribution < 1.29 is 9.53 Å². The Hall–Kier alpha value is -2.63. The van der Waals surface area contributed by atoms with Crippen molar-refractivity contribution in [3.63, 3.8) is 0 Å². The molecular formula is C14H14N2O4. The van der Waals surface area contributed by atoms with Crippen molar-refractivity contribution >= 4 is 5.97 Å². The van der Waals surface area contributed by atoms with E-state index in [0.717, 1.165) is 16.3 Å². The molecule has 2 aromatic rings. The van der Waals surface area contributed by atoms with Crippen LogP contribution in [0.25, 0.3) is 5.69 Å². The average Bonchev–Trinajstić information content (AvgIpc) is 2.41. The lowest BCUT2D eigenvalue weighted by atomic mass is 10.2. The van der Waals surface area contributed by atoms with Crippen LogP contribution in [0.1, 0.15) is 22.8 Å². The second-order valence-electron chi connectivity index (χ2n) is 4.20. The third kappa shape index (κ3) is 2.54. The Morgan fingerprint density at radius 2 is 1.90 bits per heavy atom. The highest BCUT2D eigenvalue weighted by Gasteiger charge is 2.16. The van der Waals surface area contributed by atoms with Gasteiger partial charge in [-0.25, -0.2) is 14.2 Å². The van der Waals surface area contributed by atoms with Crippen LogP contribution in [-0.4, -0.2) is 22.1 Å². The Labute approximate surface area is 114 Å². The summed E-state index contributed by atoms with van der Waals surface area (Å²) in [5.74, 6) is -0.755. The Balaban J connectivity index is 2.62. The number of ether oxygens (including phenoxy) is 1. The van der Waals surface area contributed by atoms with Crippen molar-refractivity contribution in [2.45, 2.75) is 13.8 Å². The van der Waals surface area contributed by atoms with Gasteiger partial charge in [0.15, 0.2) is 0 Å². The predicted octanol–water partition coefficient (Wildman–Crippen LogP) is 1.01. The summed E-state index contributed by atoms with van der Waals surface area (Å²) in [4.78, 5) is 38.1. The van der Waals surface area contributed by atoms with Gasteiger partial charge in [0.2, 0.25) is 0 Å². The molecule has 0 radical (unpaired) electrons. The van der Waals surface area contributed by atoms with Gasteiger partial charge in [-0.15, -0.1) is 0 Å². The molecule has 1 heterocycles. The van der Waals surface area contributed by atoms with Crippen molar-refractivity contribution in [1.29, 1.82) is 0 Å². The van der Waals surface area contributed by atoms with E-state index >= 15 is 0 Å². The number of aromatic nitrogens is 2. The molecular weight excluding hydrogens is 260 g/mol. The molecule has 1 aromatic carbocycles. The summed E-state index contributed by atoms with van der Waals surface area (Å²) in [5.41, 5.74) is -0.109. The molecule has 0 amide bonds. The summed E-state index contributed by atoms with van der Waals surface area (Å²) in [6, 6.07) is 6.83. The summed E-state index contributed by atoms with van der Waals surface area (Å²) in [7, 11) is 0. The zero-order valence-corrected chi connectivity index (χ0v) is 11.2. The van der Waals surface area contributed by atoms with Gasteiger partial charge in [-0.2, -0.15) is 0 Å². The number of aryl methyl sites for hydroxylation is 1. The molecule has 0 spiro atoms. The van der Waals surface area contributed by atoms with Crippen molar-refractivity contribution in [2.24, 2.45) is 0 Å². The van der Waals surface area contributed by atoms with Crippen LogP contribution >= 0.6 is 0 Å². The first-order valence-electron chi connectivity index (χ1n) is 6.13. The molecule has 0 fully saturated rings. The number of benzene rings is 1. The van der Waals surface area contributed by atoms with Crippen molar-refractivity contribution in [2.75, 3.05) is 6.61 Å². The SMILES string of the molecule is CCOC(=O)c1c[nH]c(=O)n(-c2ccc(C)cc2)c1=O. The summed E-state index contributed by atoms with van der Waals surface area (Å²) < 4.78 is 5.69. The predicted molar refractivity (Wildman–Crippen MR) is 73.4 cm³/mol. The van der Waals surface area contributed by atoms with Gasteiger partial charge in [0.1, 0.15) is 5.56 Å². The van der Waals surface area contributed by atoms with E-state index in [1.165, 1.54) is 0 Å². The first kappa shape index (κ1) is 13.8. The van der Waals surface area contributed by atoms with Crippen LogP contribution in [0.5, 0.6) is 0 Å². The molecule has 6 nitrogen and oxygen atoms in total. The molecule has 0 saturated heterocycles. The van der Waals surface area contributed by atoms with Gasteiger partial charge in [0, 0.05) is 6.20 Å². The molecule has 0 aliphatic heterocycles. The van der Waals surface area contributed by atoms with Crippen LogP contribution in [0, 0.1) is 6.92 Å². The summed E-state index contributed by atoms with van der Waals surface area (Å²) in [6.45, 7) is 3.69. The fourth-order valence-electron chi connectivity index (χ4n) is 1.76. The maximum absolute atomic E-state index is 12.2. The molecule has 0 saturated carbocycles. The number of hydrogen-bond acceptors (Lipinski definition) is 4. The Kier molecular flexibility index (Phi) is 3.84. The van der Waals surface area contributed by atoms with Crippen molar-refractivity contribution in [3.05, 3.63) is 62.4 Å². The second-order valence-corrected chi connectivity index (χ2v) is 4.20. The average molecular weight is 274 g/mol. The van der Waals surface area contributed by atoms with Gasteiger partial charge in [-0.1, -0.05) is 17.7 Å². The quantitative estimate of drug-likeness (QED) is 0.847. The van der Waals surface area contributed by atoms with Crippen molar-refractivity contribution in [1.82, 2.24) is 9.55 Å². The second kappa shape index (κ2) is 5.56. The third-order valence-corrected chi connectivity index (χ3v) is 2.76. The van der Waals surface area contributed by atoms with E-state index < -0.39 is 17.2 Å². The Bertz CT molecular complexity index is 741. The number of carbonyl (C=O) groups is 1. The molecule has 1 aromatic heterocycles. The monoisotopic (exact) mass is 274 g/mol. The number of nitrogens with zero attached hydrogens (tertiary/aromatic N) is 1. The highest BCUT2D eigenvalue weighted by Crippen LogP contribution is 2.05. The highest BCUT2D eigenvalue weighted by molar-refractivity contribution is 5.88. The van der Waals surface area contributed by atoms with Crippen LogP contribution in [0.4, 0.5) is 0 Å². The molecule has 104 valence electrons. The lowest BCUT2D eigenvalue weighted by molar-refractivity contribution is 0.0523. The number of rotatable bonds is 3. The lowest BCUT2D eigenvalue weighted by Gasteiger charge is -2.07. The molecule has 1 N–H and O–H groups in total. The molecule has 0 unspecified atom stereocenters. The first-order chi connectivity index (χ1) is 9.54. The molecule has 6 heteroatoms. The zero-order valence-electron chi connectivity index (χ0n) is 11.2. The van der Waals surface area contributed by atoms with Crippen LogP contribution in [0.2, 0.25) is 0 Å². The third-order valence-electron chi connectivity index (χ3n) is 2.76. The van der Waals surface area contributed by atoms with Crippen LogP contribution in [-0.2, 0) is 4.74 Å². The number of hydrogen-bond donors (Lipinski definition) is 1. The molecule has 20 heavy (non-hydrogen) atoms. The van der Waals surface area contributed by atoms with Gasteiger partial charge >= 0.3 is 11.7 Å². The van der Waals surface area contributed by atoms with E-state index in [-0.39, 0.29) is 12.2 Å². The maximum Gasteiger partial charge on any atom is 0.345 e. The summed E-state index contributed by atoms with van der Waals surface area (Å²) in [5, 5.41) is 0. The standard InChI is InChI=1S/C14H14N2O4/c1-3-20-13(18)11-8-15-14(19)16(12(11)17)10-6-4-9(2)5-7-10/h4-8H,3H2,1-2H3,(H,15,19). The molecule has 0 aliphatic rings. The van der Waals surface area contributed by atoms with E-state index in [9.17, 15) is 14.4 Å². The normalized spacial score (nSPS) is 10.3. The molecule has 0 bridgehead atoms. The van der Waals surface area contributed by atoms with Crippen LogP contribution in [0.15, 0.2) is 40.1 Å². The van der Waals surface area contributed by atoms with E-state index in [2.05, 4.69) is 4.98 Å². The number of esters is 1. The van der Waals surface area contributed by atoms with Gasteiger partial charge in [0.25, 0.3) is 5.56 Å². The number of H-pyrrole nitrogens is 1. The minimum Gasteiger partial charge on any atom is -0.462 e. The smallest absolute Gasteiger partial charge is 0.345 e. The van der Waals surface area contributed by atoms with Gasteiger partial charge in [-0.05, 0) is 26.0 Å². The zero-order chi connectivity index (χ0) is 14.7. The van der Waals surface area contributed by atoms with Gasteiger partial charge in [-0.3, -0.25) is 4.79 Å². The fourth-order valence-corrected chi connectivity index (χ4v) is 1.76. The van der Waals surface area contributed by atoms with Crippen LogP contribution < -0.4 is 11.2 Å². The fraction of sp³-hybridized carbons (Fsp3) is 0.214. The molecule has 2 rings (SSSR count). The number of aromatic amines is 1. The van der Waals surface area contributed by atoms with E-state index in [4.69, 9.17) is 4.74 Å². The van der Waals surface area contributed by atoms with Gasteiger partial charge in [0.05, 0.1) is 12.3 Å². The highest BCUT2D eigenvalue weighted by atomic mass is 16.5. The molecule has 0 aliphatic carbocycles. The van der Waals surface area contributed by atoms with E-state index in [1.807, 2.05) is 6.92 Å². The molecule has 0 atom stereocenters. The van der Waals surface area contributed by atoms with E-state index in [0.29, 0.717) is 5.69 Å². The summed E-state index contributed by atoms with van der Waals surface area (Å²) in [6.07, 6.45) is 1.08. The maximum atomic E-state index is 12.2. The minimum atomic E-state index is -0.755. The minimum absolute atomic E-state index is 0.155. The lowest BCUT2D eigenvalue weighted by Crippen LogP contribution is -2.37. The number of nitrogens with one attached hydrogen (secondary N) is 1. The Morgan fingerprint density at radius 1 is 1.25 bits per heavy atom. The van der Waals surface area contributed by atoms with E-state index in [1.54, 1.807) is 31.2 Å².